The Morgan fingerprint density at radius 1 is 1.03 bits per heavy atom. The maximum absolute atomic E-state index is 12.7. The molecule has 0 radical (unpaired) electrons. The molecule has 0 saturated carbocycles. The Bertz CT molecular complexity index is 1500. The van der Waals surface area contributed by atoms with Crippen molar-refractivity contribution >= 4 is 35.0 Å². The van der Waals surface area contributed by atoms with Gasteiger partial charge in [-0.25, -0.2) is 4.98 Å². The topological polar surface area (TPSA) is 84.2 Å². The van der Waals surface area contributed by atoms with Crippen molar-refractivity contribution in [3.05, 3.63) is 88.9 Å². The van der Waals surface area contributed by atoms with E-state index in [1.807, 2.05) is 67.6 Å². The van der Waals surface area contributed by atoms with E-state index in [0.29, 0.717) is 49.8 Å². The zero-order valence-corrected chi connectivity index (χ0v) is 22.8. The van der Waals surface area contributed by atoms with Crippen molar-refractivity contribution in [3.63, 3.8) is 0 Å². The SMILES string of the molecule is COc1cccc(-c2cc(-c3ccccc3)nc(SCCC(=O)Nc3cccc(Cl)c3C)c2C#N)c1OC. The van der Waals surface area contributed by atoms with Gasteiger partial charge < -0.3 is 14.8 Å². The Kier molecular flexibility index (Phi) is 8.90. The summed E-state index contributed by atoms with van der Waals surface area (Å²) in [6.45, 7) is 1.86. The fraction of sp³-hybridized carbons (Fsp3) is 0.167. The van der Waals surface area contributed by atoms with Crippen LogP contribution in [0.4, 0.5) is 5.69 Å². The van der Waals surface area contributed by atoms with Gasteiger partial charge in [-0.05, 0) is 36.8 Å². The molecule has 0 spiro atoms. The number of nitrogens with one attached hydrogen (secondary N) is 1. The number of carbonyl (C=O) groups excluding carboxylic acids is 1. The Morgan fingerprint density at radius 3 is 2.50 bits per heavy atom. The first-order valence-corrected chi connectivity index (χ1v) is 13.2. The molecule has 1 amide bonds. The molecule has 0 aliphatic heterocycles. The van der Waals surface area contributed by atoms with Crippen LogP contribution >= 0.6 is 23.4 Å². The van der Waals surface area contributed by atoms with Gasteiger partial charge in [0.2, 0.25) is 5.91 Å². The molecule has 0 atom stereocenters. The molecule has 1 aromatic heterocycles. The van der Waals surface area contributed by atoms with E-state index in [1.54, 1.807) is 26.4 Å². The standard InChI is InChI=1S/C30H26ClN3O3S/c1-19-24(31)12-8-13-25(19)33-28(35)15-16-38-30-23(18-32)22(17-26(34-30)20-9-5-4-6-10-20)21-11-7-14-27(36-2)29(21)37-3/h4-14,17H,15-16H2,1-3H3,(H,33,35). The summed E-state index contributed by atoms with van der Waals surface area (Å²) >= 11 is 7.54. The number of para-hydroxylation sites is 1. The molecule has 8 heteroatoms. The molecule has 38 heavy (non-hydrogen) atoms. The fourth-order valence-electron chi connectivity index (χ4n) is 4.00. The van der Waals surface area contributed by atoms with Crippen LogP contribution in [0.2, 0.25) is 5.02 Å². The second-order valence-corrected chi connectivity index (χ2v) is 9.80. The number of aromatic nitrogens is 1. The van der Waals surface area contributed by atoms with Gasteiger partial charge in [0.05, 0.1) is 25.5 Å². The van der Waals surface area contributed by atoms with Crippen LogP contribution in [0, 0.1) is 18.3 Å². The minimum absolute atomic E-state index is 0.143. The summed E-state index contributed by atoms with van der Waals surface area (Å²) in [4.78, 5) is 17.5. The minimum atomic E-state index is -0.143. The third-order valence-corrected chi connectivity index (χ3v) is 7.36. The molecule has 1 heterocycles. The summed E-state index contributed by atoms with van der Waals surface area (Å²) in [5, 5.41) is 14.3. The molecular formula is C30H26ClN3O3S. The number of carbonyl (C=O) groups is 1. The number of amides is 1. The van der Waals surface area contributed by atoms with Gasteiger partial charge in [0.25, 0.3) is 0 Å². The van der Waals surface area contributed by atoms with Crippen LogP contribution in [0.1, 0.15) is 17.5 Å². The van der Waals surface area contributed by atoms with Crippen LogP contribution in [0.5, 0.6) is 11.5 Å². The van der Waals surface area contributed by atoms with Crippen molar-refractivity contribution < 1.29 is 14.3 Å². The fourth-order valence-corrected chi connectivity index (χ4v) is 5.12. The zero-order valence-electron chi connectivity index (χ0n) is 21.2. The summed E-state index contributed by atoms with van der Waals surface area (Å²) in [5.74, 6) is 1.38. The third-order valence-electron chi connectivity index (χ3n) is 5.97. The minimum Gasteiger partial charge on any atom is -0.493 e. The maximum Gasteiger partial charge on any atom is 0.225 e. The van der Waals surface area contributed by atoms with Gasteiger partial charge in [-0.1, -0.05) is 60.1 Å². The first-order chi connectivity index (χ1) is 18.5. The van der Waals surface area contributed by atoms with E-state index in [9.17, 15) is 10.1 Å². The van der Waals surface area contributed by atoms with Crippen molar-refractivity contribution in [1.29, 1.82) is 5.26 Å². The molecule has 0 aliphatic rings. The number of thioether (sulfide) groups is 1. The lowest BCUT2D eigenvalue weighted by atomic mass is 9.98. The van der Waals surface area contributed by atoms with Gasteiger partial charge in [0.15, 0.2) is 11.5 Å². The van der Waals surface area contributed by atoms with Crippen LogP contribution in [0.15, 0.2) is 77.8 Å². The number of hydrogen-bond donors (Lipinski definition) is 1. The van der Waals surface area contributed by atoms with Gasteiger partial charge in [0.1, 0.15) is 11.1 Å². The maximum atomic E-state index is 12.7. The smallest absolute Gasteiger partial charge is 0.225 e. The summed E-state index contributed by atoms with van der Waals surface area (Å²) in [6, 6.07) is 24.9. The predicted octanol–water partition coefficient (Wildman–Crippen LogP) is 7.39. The van der Waals surface area contributed by atoms with E-state index >= 15 is 0 Å². The van der Waals surface area contributed by atoms with Crippen LogP contribution in [0.25, 0.3) is 22.4 Å². The Morgan fingerprint density at radius 2 is 1.79 bits per heavy atom. The van der Waals surface area contributed by atoms with Crippen molar-refractivity contribution in [2.75, 3.05) is 25.3 Å². The van der Waals surface area contributed by atoms with Gasteiger partial charge in [-0.3, -0.25) is 4.79 Å². The number of ether oxygens (including phenoxy) is 2. The van der Waals surface area contributed by atoms with E-state index in [1.165, 1.54) is 11.8 Å². The number of rotatable bonds is 9. The quantitative estimate of drug-likeness (QED) is 0.222. The highest BCUT2D eigenvalue weighted by molar-refractivity contribution is 7.99. The number of benzene rings is 3. The average molecular weight is 544 g/mol. The molecule has 0 bridgehead atoms. The molecule has 1 N–H and O–H groups in total. The second-order valence-electron chi connectivity index (χ2n) is 8.31. The lowest BCUT2D eigenvalue weighted by Crippen LogP contribution is -2.13. The monoisotopic (exact) mass is 543 g/mol. The summed E-state index contributed by atoms with van der Waals surface area (Å²) in [5.41, 5.74) is 4.94. The molecule has 192 valence electrons. The first-order valence-electron chi connectivity index (χ1n) is 11.9. The molecule has 3 aromatic carbocycles. The van der Waals surface area contributed by atoms with E-state index in [4.69, 9.17) is 26.1 Å². The van der Waals surface area contributed by atoms with E-state index in [-0.39, 0.29) is 12.3 Å². The van der Waals surface area contributed by atoms with Gasteiger partial charge >= 0.3 is 0 Å². The zero-order chi connectivity index (χ0) is 27.1. The molecular weight excluding hydrogens is 518 g/mol. The number of pyridine rings is 1. The van der Waals surface area contributed by atoms with Crippen LogP contribution in [0.3, 0.4) is 0 Å². The van der Waals surface area contributed by atoms with E-state index < -0.39 is 0 Å². The van der Waals surface area contributed by atoms with Gasteiger partial charge in [0, 0.05) is 39.6 Å². The Balaban J connectivity index is 1.68. The predicted molar refractivity (Wildman–Crippen MR) is 153 cm³/mol. The average Bonchev–Trinajstić information content (AvgIpc) is 2.95. The number of nitriles is 1. The number of halogens is 1. The molecule has 6 nitrogen and oxygen atoms in total. The highest BCUT2D eigenvalue weighted by Gasteiger charge is 2.20. The molecule has 4 rings (SSSR count). The van der Waals surface area contributed by atoms with Crippen molar-refractivity contribution in [1.82, 2.24) is 4.98 Å². The first kappa shape index (κ1) is 27.1. The van der Waals surface area contributed by atoms with Crippen molar-refractivity contribution in [2.45, 2.75) is 18.4 Å². The highest BCUT2D eigenvalue weighted by Crippen LogP contribution is 2.42. The normalized spacial score (nSPS) is 10.5. The van der Waals surface area contributed by atoms with Gasteiger partial charge in [-0.15, -0.1) is 11.8 Å². The Hall–Kier alpha value is -3.99. The van der Waals surface area contributed by atoms with Crippen molar-refractivity contribution in [2.24, 2.45) is 0 Å². The highest BCUT2D eigenvalue weighted by atomic mass is 35.5. The number of methoxy groups -OCH3 is 2. The number of hydrogen-bond acceptors (Lipinski definition) is 6. The van der Waals surface area contributed by atoms with E-state index in [2.05, 4.69) is 11.4 Å². The number of anilines is 1. The molecule has 4 aromatic rings. The lowest BCUT2D eigenvalue weighted by Gasteiger charge is -2.16. The summed E-state index contributed by atoms with van der Waals surface area (Å²) in [7, 11) is 3.15. The van der Waals surface area contributed by atoms with Crippen LogP contribution < -0.4 is 14.8 Å². The third kappa shape index (κ3) is 5.94. The second kappa shape index (κ2) is 12.5. The molecule has 0 fully saturated rings. The van der Waals surface area contributed by atoms with Gasteiger partial charge in [-0.2, -0.15) is 5.26 Å². The lowest BCUT2D eigenvalue weighted by molar-refractivity contribution is -0.115. The van der Waals surface area contributed by atoms with Crippen LogP contribution in [-0.4, -0.2) is 30.9 Å². The molecule has 0 unspecified atom stereocenters. The Labute approximate surface area is 231 Å². The summed E-state index contributed by atoms with van der Waals surface area (Å²) in [6.07, 6.45) is 0.233. The molecule has 0 aliphatic carbocycles. The van der Waals surface area contributed by atoms with Crippen molar-refractivity contribution in [3.8, 4) is 40.0 Å². The van der Waals surface area contributed by atoms with E-state index in [0.717, 1.165) is 16.7 Å². The largest absolute Gasteiger partial charge is 0.493 e. The summed E-state index contributed by atoms with van der Waals surface area (Å²) < 4.78 is 11.2. The van der Waals surface area contributed by atoms with Crippen LogP contribution in [-0.2, 0) is 4.79 Å². The number of nitrogens with zero attached hydrogens (tertiary/aromatic N) is 2. The molecule has 0 saturated heterocycles.